The molecule has 0 unspecified atom stereocenters. The predicted octanol–water partition coefficient (Wildman–Crippen LogP) is 4.21. The molecule has 1 N–H and O–H groups in total. The number of thioether (sulfide) groups is 1. The van der Waals surface area contributed by atoms with E-state index >= 15 is 0 Å². The summed E-state index contributed by atoms with van der Waals surface area (Å²) in [4.78, 5) is 22.9. The molecule has 0 spiro atoms. The van der Waals surface area contributed by atoms with Crippen molar-refractivity contribution in [2.45, 2.75) is 13.0 Å². The van der Waals surface area contributed by atoms with Crippen LogP contribution in [0.25, 0.3) is 17.0 Å². The van der Waals surface area contributed by atoms with Crippen LogP contribution in [0.3, 0.4) is 0 Å². The van der Waals surface area contributed by atoms with E-state index in [1.807, 2.05) is 18.2 Å². The summed E-state index contributed by atoms with van der Waals surface area (Å²) >= 11 is 0.699. The summed E-state index contributed by atoms with van der Waals surface area (Å²) in [5.74, 6) is 0. The minimum Gasteiger partial charge on any atom is -0.347 e. The van der Waals surface area contributed by atoms with Crippen LogP contribution in [0.2, 0.25) is 0 Å². The zero-order valence-corrected chi connectivity index (χ0v) is 14.3. The summed E-state index contributed by atoms with van der Waals surface area (Å²) in [6, 6.07) is 18.6. The van der Waals surface area contributed by atoms with Crippen molar-refractivity contribution in [1.82, 2.24) is 9.88 Å². The lowest BCUT2D eigenvalue weighted by Crippen LogP contribution is -2.10. The molecule has 1 aliphatic heterocycles. The van der Waals surface area contributed by atoms with Crippen LogP contribution in [0, 0.1) is 0 Å². The molecule has 2 aromatic carbocycles. The molecule has 0 radical (unpaired) electrons. The number of fused-ring (bicyclic) bond motifs is 1. The quantitative estimate of drug-likeness (QED) is 0.719. The largest absolute Gasteiger partial charge is 0.347 e. The minimum atomic E-state index is -0.315. The molecule has 4 nitrogen and oxygen atoms in total. The van der Waals surface area contributed by atoms with Gasteiger partial charge in [-0.15, -0.1) is 0 Å². The van der Waals surface area contributed by atoms with E-state index in [0.717, 1.165) is 29.4 Å². The van der Waals surface area contributed by atoms with Crippen LogP contribution in [0.5, 0.6) is 0 Å². The molecule has 1 amide bonds. The van der Waals surface area contributed by atoms with Crippen molar-refractivity contribution >= 4 is 39.1 Å². The number of aryl methyl sites for hydroxylation is 2. The molecule has 3 aromatic rings. The second-order valence-electron chi connectivity index (χ2n) is 5.92. The summed E-state index contributed by atoms with van der Waals surface area (Å²) in [5, 5.41) is 3.15. The lowest BCUT2D eigenvalue weighted by molar-refractivity contribution is -0.107. The number of rotatable bonds is 4. The molecule has 0 bridgehead atoms. The number of aromatic nitrogens is 1. The first-order valence-corrected chi connectivity index (χ1v) is 8.88. The molecular weight excluding hydrogens is 332 g/mol. The molecular formula is C20H16N2O2S. The van der Waals surface area contributed by atoms with Gasteiger partial charge in [0.15, 0.2) is 0 Å². The van der Waals surface area contributed by atoms with Crippen molar-refractivity contribution in [1.29, 1.82) is 0 Å². The Morgan fingerprint density at radius 3 is 2.64 bits per heavy atom. The number of hydrogen-bond donors (Lipinski definition) is 1. The Hall–Kier alpha value is -2.79. The van der Waals surface area contributed by atoms with Gasteiger partial charge in [-0.1, -0.05) is 36.4 Å². The van der Waals surface area contributed by atoms with Crippen LogP contribution in [-0.4, -0.2) is 14.9 Å². The number of carbonyl (C=O) groups excluding carboxylic acids is 2. The third-order valence-electron chi connectivity index (χ3n) is 4.23. The van der Waals surface area contributed by atoms with E-state index in [2.05, 4.69) is 52.5 Å². The van der Waals surface area contributed by atoms with Crippen LogP contribution >= 0.6 is 11.8 Å². The first-order chi connectivity index (χ1) is 12.2. The Kier molecular flexibility index (Phi) is 4.15. The highest BCUT2D eigenvalue weighted by Crippen LogP contribution is 2.23. The smallest absolute Gasteiger partial charge is 0.291 e. The van der Waals surface area contributed by atoms with Crippen LogP contribution in [-0.2, 0) is 17.8 Å². The normalized spacial score (nSPS) is 15.9. The van der Waals surface area contributed by atoms with Crippen LogP contribution in [0.4, 0.5) is 4.79 Å². The Bertz CT molecular complexity index is 989. The van der Waals surface area contributed by atoms with E-state index in [-0.39, 0.29) is 10.4 Å². The standard InChI is InChI=1S/C20H16N2O2S/c23-19-17(21-20(24)25-19)13-15-6-7-18-16(12-15)9-11-22(18)10-8-14-4-2-1-3-5-14/h1-7,9,11-13H,8,10H2,(H,21,24). The highest BCUT2D eigenvalue weighted by molar-refractivity contribution is 8.27. The molecule has 0 saturated carbocycles. The van der Waals surface area contributed by atoms with E-state index in [0.29, 0.717) is 17.5 Å². The van der Waals surface area contributed by atoms with E-state index in [9.17, 15) is 9.59 Å². The fourth-order valence-corrected chi connectivity index (χ4v) is 3.53. The number of benzene rings is 2. The summed E-state index contributed by atoms with van der Waals surface area (Å²) in [6.07, 6.45) is 4.79. The van der Waals surface area contributed by atoms with Gasteiger partial charge < -0.3 is 9.88 Å². The monoisotopic (exact) mass is 348 g/mol. The Morgan fingerprint density at radius 2 is 1.88 bits per heavy atom. The molecule has 1 saturated heterocycles. The predicted molar refractivity (Wildman–Crippen MR) is 101 cm³/mol. The molecule has 124 valence electrons. The molecule has 0 aliphatic carbocycles. The topological polar surface area (TPSA) is 51.1 Å². The lowest BCUT2D eigenvalue weighted by atomic mass is 10.1. The first kappa shape index (κ1) is 15.7. The van der Waals surface area contributed by atoms with E-state index in [4.69, 9.17) is 0 Å². The molecule has 1 aliphatic rings. The van der Waals surface area contributed by atoms with Gasteiger partial charge in [0.1, 0.15) is 0 Å². The number of nitrogens with zero attached hydrogens (tertiary/aromatic N) is 1. The highest BCUT2D eigenvalue weighted by atomic mass is 32.2. The van der Waals surface area contributed by atoms with Crippen molar-refractivity contribution < 1.29 is 9.59 Å². The first-order valence-electron chi connectivity index (χ1n) is 8.07. The maximum absolute atomic E-state index is 11.7. The molecule has 1 aromatic heterocycles. The lowest BCUT2D eigenvalue weighted by Gasteiger charge is -2.06. The Morgan fingerprint density at radius 1 is 1.04 bits per heavy atom. The van der Waals surface area contributed by atoms with Crippen molar-refractivity contribution in [3.8, 4) is 0 Å². The van der Waals surface area contributed by atoms with Crippen molar-refractivity contribution in [3.63, 3.8) is 0 Å². The Balaban J connectivity index is 1.56. The van der Waals surface area contributed by atoms with Gasteiger partial charge in [0.2, 0.25) is 5.12 Å². The van der Waals surface area contributed by atoms with Crippen LogP contribution in [0.1, 0.15) is 11.1 Å². The average Bonchev–Trinajstić information content (AvgIpc) is 3.16. The summed E-state index contributed by atoms with van der Waals surface area (Å²) in [6.45, 7) is 0.916. The average molecular weight is 348 g/mol. The van der Waals surface area contributed by atoms with E-state index < -0.39 is 0 Å². The van der Waals surface area contributed by atoms with Gasteiger partial charge in [0, 0.05) is 35.4 Å². The fourth-order valence-electron chi connectivity index (χ4n) is 2.98. The van der Waals surface area contributed by atoms with Gasteiger partial charge in [-0.3, -0.25) is 9.59 Å². The molecule has 0 atom stereocenters. The number of hydrogen-bond acceptors (Lipinski definition) is 3. The van der Waals surface area contributed by atoms with Gasteiger partial charge in [0.25, 0.3) is 5.24 Å². The summed E-state index contributed by atoms with van der Waals surface area (Å²) in [5.41, 5.74) is 3.73. The molecule has 5 heteroatoms. The second kappa shape index (κ2) is 6.61. The van der Waals surface area contributed by atoms with Crippen LogP contribution < -0.4 is 5.32 Å². The van der Waals surface area contributed by atoms with Gasteiger partial charge in [-0.25, -0.2) is 0 Å². The van der Waals surface area contributed by atoms with Crippen molar-refractivity contribution in [3.05, 3.63) is 77.6 Å². The molecule has 2 heterocycles. The SMILES string of the molecule is O=C1NC(=Cc2ccc3c(ccn3CCc3ccccc3)c2)C(=O)S1. The number of nitrogens with one attached hydrogen (secondary N) is 1. The van der Waals surface area contributed by atoms with Gasteiger partial charge >= 0.3 is 0 Å². The fraction of sp³-hybridized carbons (Fsp3) is 0.100. The summed E-state index contributed by atoms with van der Waals surface area (Å²) < 4.78 is 2.23. The van der Waals surface area contributed by atoms with Gasteiger partial charge in [0.05, 0.1) is 5.70 Å². The van der Waals surface area contributed by atoms with Gasteiger partial charge in [-0.2, -0.15) is 0 Å². The van der Waals surface area contributed by atoms with E-state index in [1.54, 1.807) is 6.08 Å². The molecule has 25 heavy (non-hydrogen) atoms. The third kappa shape index (κ3) is 3.37. The number of amides is 1. The summed E-state index contributed by atoms with van der Waals surface area (Å²) in [7, 11) is 0. The minimum absolute atomic E-state index is 0.231. The number of carbonyl (C=O) groups is 2. The van der Waals surface area contributed by atoms with Crippen molar-refractivity contribution in [2.24, 2.45) is 0 Å². The Labute approximate surface area is 149 Å². The highest BCUT2D eigenvalue weighted by Gasteiger charge is 2.25. The zero-order chi connectivity index (χ0) is 17.2. The van der Waals surface area contributed by atoms with Gasteiger partial charge in [-0.05, 0) is 41.8 Å². The molecule has 4 rings (SSSR count). The van der Waals surface area contributed by atoms with Crippen molar-refractivity contribution in [2.75, 3.05) is 0 Å². The third-order valence-corrected chi connectivity index (χ3v) is 4.93. The van der Waals surface area contributed by atoms with Crippen LogP contribution in [0.15, 0.2) is 66.5 Å². The van der Waals surface area contributed by atoms with E-state index in [1.165, 1.54) is 5.56 Å². The maximum Gasteiger partial charge on any atom is 0.291 e. The molecule has 1 fully saturated rings. The zero-order valence-electron chi connectivity index (χ0n) is 13.4. The maximum atomic E-state index is 11.7. The second-order valence-corrected chi connectivity index (χ2v) is 6.87.